The van der Waals surface area contributed by atoms with E-state index in [0.29, 0.717) is 18.0 Å². The maximum absolute atomic E-state index is 12.9. The number of hydrogen-bond acceptors (Lipinski definition) is 4. The van der Waals surface area contributed by atoms with Gasteiger partial charge in [-0.15, -0.1) is 0 Å². The van der Waals surface area contributed by atoms with Crippen LogP contribution < -0.4 is 15.8 Å². The van der Waals surface area contributed by atoms with Crippen molar-refractivity contribution in [2.75, 3.05) is 11.3 Å². The lowest BCUT2D eigenvalue weighted by molar-refractivity contribution is 0.0934. The second kappa shape index (κ2) is 7.70. The molecule has 0 aromatic heterocycles. The molecule has 144 valence electrons. The van der Waals surface area contributed by atoms with E-state index in [0.717, 1.165) is 18.4 Å². The van der Waals surface area contributed by atoms with Crippen LogP contribution in [0.15, 0.2) is 47.4 Å². The Morgan fingerprint density at radius 3 is 2.56 bits per heavy atom. The summed E-state index contributed by atoms with van der Waals surface area (Å²) in [7, 11) is -3.82. The molecule has 1 unspecified atom stereocenters. The summed E-state index contributed by atoms with van der Waals surface area (Å²) >= 11 is 0. The van der Waals surface area contributed by atoms with Gasteiger partial charge in [0.1, 0.15) is 0 Å². The molecule has 1 atom stereocenters. The smallest absolute Gasteiger partial charge is 0.262 e. The fourth-order valence-electron chi connectivity index (χ4n) is 3.08. The summed E-state index contributed by atoms with van der Waals surface area (Å²) in [6, 6.07) is 11.8. The van der Waals surface area contributed by atoms with Crippen molar-refractivity contribution in [3.8, 4) is 0 Å². The van der Waals surface area contributed by atoms with Gasteiger partial charge in [-0.2, -0.15) is 0 Å². The number of para-hydroxylation sites is 1. The van der Waals surface area contributed by atoms with Crippen molar-refractivity contribution in [3.63, 3.8) is 0 Å². The molecule has 1 aliphatic carbocycles. The third-order valence-corrected chi connectivity index (χ3v) is 6.32. The van der Waals surface area contributed by atoms with E-state index >= 15 is 0 Å². The monoisotopic (exact) mass is 387 g/mol. The Hall–Kier alpha value is -2.38. The first kappa shape index (κ1) is 19.4. The minimum atomic E-state index is -3.82. The van der Waals surface area contributed by atoms with Crippen LogP contribution in [-0.4, -0.2) is 26.9 Å². The zero-order valence-electron chi connectivity index (χ0n) is 15.5. The van der Waals surface area contributed by atoms with Crippen LogP contribution in [0.1, 0.15) is 34.3 Å². The number of anilines is 1. The number of benzene rings is 2. The highest BCUT2D eigenvalue weighted by atomic mass is 32.2. The number of aryl methyl sites for hydroxylation is 2. The van der Waals surface area contributed by atoms with Gasteiger partial charge in [-0.1, -0.05) is 24.3 Å². The van der Waals surface area contributed by atoms with E-state index in [1.54, 1.807) is 43.3 Å². The van der Waals surface area contributed by atoms with Gasteiger partial charge >= 0.3 is 0 Å². The van der Waals surface area contributed by atoms with Crippen molar-refractivity contribution in [1.29, 1.82) is 0 Å². The molecular weight excluding hydrogens is 362 g/mol. The molecule has 6 nitrogen and oxygen atoms in total. The van der Waals surface area contributed by atoms with Crippen molar-refractivity contribution in [3.05, 3.63) is 59.2 Å². The molecule has 2 aromatic carbocycles. The molecule has 1 amide bonds. The molecule has 27 heavy (non-hydrogen) atoms. The molecule has 0 radical (unpaired) electrons. The van der Waals surface area contributed by atoms with Crippen molar-refractivity contribution in [2.45, 2.75) is 37.6 Å². The lowest BCUT2D eigenvalue weighted by atomic mass is 10.1. The third-order valence-electron chi connectivity index (χ3n) is 4.81. The summed E-state index contributed by atoms with van der Waals surface area (Å²) in [4.78, 5) is 12.9. The Kier molecular flexibility index (Phi) is 5.53. The van der Waals surface area contributed by atoms with Crippen LogP contribution in [0.4, 0.5) is 5.69 Å². The standard InChI is InChI=1S/C20H25N3O3S/c1-13-7-8-14(2)19(11-13)27(25,26)23-17-6-4-3-5-16(17)20(24)22-18(12-21)15-9-10-15/h3-8,11,15,18,23H,9-10,12,21H2,1-2H3,(H,22,24). The second-order valence-electron chi connectivity index (χ2n) is 7.07. The zero-order chi connectivity index (χ0) is 19.6. The van der Waals surface area contributed by atoms with Crippen LogP contribution in [-0.2, 0) is 10.0 Å². The summed E-state index contributed by atoms with van der Waals surface area (Å²) in [5, 5.41) is 2.93. The van der Waals surface area contributed by atoms with E-state index in [4.69, 9.17) is 5.73 Å². The summed E-state index contributed by atoms with van der Waals surface area (Å²) in [5.74, 6) is 0.0920. The molecule has 0 spiro atoms. The molecule has 7 heteroatoms. The number of carbonyl (C=O) groups excluding carboxylic acids is 1. The van der Waals surface area contributed by atoms with Gasteiger partial charge in [-0.3, -0.25) is 9.52 Å². The quantitative estimate of drug-likeness (QED) is 0.679. The molecule has 0 aliphatic heterocycles. The minimum absolute atomic E-state index is 0.0822. The van der Waals surface area contributed by atoms with Crippen molar-refractivity contribution in [2.24, 2.45) is 11.7 Å². The summed E-state index contributed by atoms with van der Waals surface area (Å²) < 4.78 is 28.3. The molecular formula is C20H25N3O3S. The van der Waals surface area contributed by atoms with E-state index in [-0.39, 0.29) is 28.1 Å². The first-order chi connectivity index (χ1) is 12.8. The Balaban J connectivity index is 1.87. The van der Waals surface area contributed by atoms with Gasteiger partial charge in [0.15, 0.2) is 0 Å². The molecule has 0 bridgehead atoms. The molecule has 0 saturated heterocycles. The van der Waals surface area contributed by atoms with E-state index in [9.17, 15) is 13.2 Å². The summed E-state index contributed by atoms with van der Waals surface area (Å²) in [6.07, 6.45) is 2.12. The number of rotatable bonds is 7. The fourth-order valence-corrected chi connectivity index (χ4v) is 4.49. The SMILES string of the molecule is Cc1ccc(C)c(S(=O)(=O)Nc2ccccc2C(=O)NC(CN)C2CC2)c1. The highest BCUT2D eigenvalue weighted by Crippen LogP contribution is 2.32. The Morgan fingerprint density at radius 1 is 1.19 bits per heavy atom. The number of carbonyl (C=O) groups is 1. The van der Waals surface area contributed by atoms with Crippen LogP contribution >= 0.6 is 0 Å². The van der Waals surface area contributed by atoms with Gasteiger partial charge in [0, 0.05) is 12.6 Å². The summed E-state index contributed by atoms with van der Waals surface area (Å²) in [5.41, 5.74) is 7.79. The highest BCUT2D eigenvalue weighted by molar-refractivity contribution is 7.92. The van der Waals surface area contributed by atoms with Crippen molar-refractivity contribution >= 4 is 21.6 Å². The lowest BCUT2D eigenvalue weighted by Crippen LogP contribution is -2.42. The fraction of sp³-hybridized carbons (Fsp3) is 0.350. The number of nitrogens with one attached hydrogen (secondary N) is 2. The molecule has 2 aromatic rings. The molecule has 4 N–H and O–H groups in total. The lowest BCUT2D eigenvalue weighted by Gasteiger charge is -2.18. The predicted octanol–water partition coefficient (Wildman–Crippen LogP) is 2.57. The number of sulfonamides is 1. The molecule has 1 fully saturated rings. The van der Waals surface area contributed by atoms with E-state index < -0.39 is 10.0 Å². The zero-order valence-corrected chi connectivity index (χ0v) is 16.3. The minimum Gasteiger partial charge on any atom is -0.348 e. The predicted molar refractivity (Wildman–Crippen MR) is 106 cm³/mol. The number of amides is 1. The maximum Gasteiger partial charge on any atom is 0.262 e. The van der Waals surface area contributed by atoms with Gasteiger partial charge in [0.2, 0.25) is 0 Å². The summed E-state index contributed by atoms with van der Waals surface area (Å²) in [6.45, 7) is 3.95. The first-order valence-corrected chi connectivity index (χ1v) is 10.5. The van der Waals surface area contributed by atoms with Crippen LogP contribution in [0.5, 0.6) is 0 Å². The van der Waals surface area contributed by atoms with Gasteiger partial charge in [0.25, 0.3) is 15.9 Å². The van der Waals surface area contributed by atoms with Crippen LogP contribution in [0.25, 0.3) is 0 Å². The highest BCUT2D eigenvalue weighted by Gasteiger charge is 2.32. The van der Waals surface area contributed by atoms with Crippen LogP contribution in [0.2, 0.25) is 0 Å². The number of hydrogen-bond donors (Lipinski definition) is 3. The van der Waals surface area contributed by atoms with E-state index in [2.05, 4.69) is 10.0 Å². The van der Waals surface area contributed by atoms with Crippen molar-refractivity contribution in [1.82, 2.24) is 5.32 Å². The van der Waals surface area contributed by atoms with E-state index in [1.807, 2.05) is 13.0 Å². The Bertz CT molecular complexity index is 953. The van der Waals surface area contributed by atoms with E-state index in [1.165, 1.54) is 0 Å². The van der Waals surface area contributed by atoms with Gasteiger partial charge in [-0.05, 0) is 61.9 Å². The largest absolute Gasteiger partial charge is 0.348 e. The molecule has 0 heterocycles. The van der Waals surface area contributed by atoms with Gasteiger partial charge < -0.3 is 11.1 Å². The van der Waals surface area contributed by atoms with Gasteiger partial charge in [-0.25, -0.2) is 8.42 Å². The van der Waals surface area contributed by atoms with Crippen LogP contribution in [0.3, 0.4) is 0 Å². The third kappa shape index (κ3) is 4.48. The Labute approximate surface area is 160 Å². The maximum atomic E-state index is 12.9. The topological polar surface area (TPSA) is 101 Å². The normalized spacial score (nSPS) is 15.2. The molecule has 1 aliphatic rings. The molecule has 3 rings (SSSR count). The first-order valence-electron chi connectivity index (χ1n) is 9.02. The van der Waals surface area contributed by atoms with Crippen LogP contribution in [0, 0.1) is 19.8 Å². The number of nitrogens with two attached hydrogens (primary N) is 1. The van der Waals surface area contributed by atoms with Crippen molar-refractivity contribution < 1.29 is 13.2 Å². The average Bonchev–Trinajstić information content (AvgIpc) is 3.46. The second-order valence-corrected chi connectivity index (χ2v) is 8.72. The van der Waals surface area contributed by atoms with Gasteiger partial charge in [0.05, 0.1) is 16.1 Å². The average molecular weight is 388 g/mol. The molecule has 1 saturated carbocycles. The Morgan fingerprint density at radius 2 is 1.89 bits per heavy atom.